The number of rotatable bonds is 2. The second kappa shape index (κ2) is 5.07. The average molecular weight is 345 g/mol. The molecule has 3 nitrogen and oxygen atoms in total. The third kappa shape index (κ3) is 10.3. The van der Waals surface area contributed by atoms with Crippen molar-refractivity contribution in [3.8, 4) is 0 Å². The summed E-state index contributed by atoms with van der Waals surface area (Å²) in [5.41, 5.74) is 0. The molecule has 0 aromatic carbocycles. The van der Waals surface area contributed by atoms with Crippen molar-refractivity contribution < 1.29 is 62.8 Å². The van der Waals surface area contributed by atoms with Gasteiger partial charge in [-0.2, -0.15) is 8.42 Å². The molecule has 0 aromatic heterocycles. The molecule has 8 heavy (non-hydrogen) atoms. The van der Waals surface area contributed by atoms with E-state index in [0.717, 1.165) is 6.08 Å². The van der Waals surface area contributed by atoms with Crippen molar-refractivity contribution in [2.45, 2.75) is 0 Å². The molecular weight excluding hydrogens is 339 g/mol. The van der Waals surface area contributed by atoms with Crippen molar-refractivity contribution >= 4 is 10.1 Å². The van der Waals surface area contributed by atoms with Crippen LogP contribution in [0.5, 0.6) is 0 Å². The van der Waals surface area contributed by atoms with Crippen molar-refractivity contribution in [1.82, 2.24) is 0 Å². The van der Waals surface area contributed by atoms with Crippen LogP contribution in [0.25, 0.3) is 0 Å². The van der Waals surface area contributed by atoms with Crippen LogP contribution in [-0.4, -0.2) is 18.7 Å². The zero-order valence-electron chi connectivity index (χ0n) is 4.66. The Morgan fingerprint density at radius 1 is 1.62 bits per heavy atom. The van der Waals surface area contributed by atoms with E-state index in [1.54, 1.807) is 0 Å². The Bertz CT molecular complexity index is 148. The Hall–Kier alpha value is 1.25. The van der Waals surface area contributed by atoms with Gasteiger partial charge in [0.05, 0.1) is 5.75 Å². The van der Waals surface area contributed by atoms with Gasteiger partial charge in [0.25, 0.3) is 10.1 Å². The summed E-state index contributed by atoms with van der Waals surface area (Å²) in [6, 6.07) is 0. The van der Waals surface area contributed by atoms with E-state index in [1.807, 2.05) is 0 Å². The van der Waals surface area contributed by atoms with E-state index in [1.165, 1.54) is 0 Å². The predicted molar refractivity (Wildman–Crippen MR) is 26.6 cm³/mol. The van der Waals surface area contributed by atoms with Gasteiger partial charge in [-0.15, -0.1) is 6.58 Å². The third-order valence-electron chi connectivity index (χ3n) is 0.328. The summed E-state index contributed by atoms with van der Waals surface area (Å²) in [4.78, 5) is 0. The fourth-order valence-electron chi connectivity index (χ4n) is 0.149. The van der Waals surface area contributed by atoms with Gasteiger partial charge < -0.3 is 0 Å². The van der Waals surface area contributed by atoms with Crippen LogP contribution in [-0.2, 0) is 10.1 Å². The first-order chi connectivity index (χ1) is 3.06. The van der Waals surface area contributed by atoms with Gasteiger partial charge >= 0.3 is 0 Å². The zero-order chi connectivity index (χ0) is 5.91. The Balaban J connectivity index is 0. The molecule has 0 saturated carbocycles. The van der Waals surface area contributed by atoms with Gasteiger partial charge in [0.15, 0.2) is 0 Å². The van der Waals surface area contributed by atoms with E-state index in [0.29, 0.717) is 0 Å². The molecule has 0 aromatic rings. The van der Waals surface area contributed by atoms with Gasteiger partial charge in [-0.3, -0.25) is 4.55 Å². The molecule has 0 unspecified atom stereocenters. The smallest absolute Gasteiger partial charge is 0.268 e. The molecule has 0 aliphatic rings. The largest absolute Gasteiger partial charge is 0.285 e. The van der Waals surface area contributed by atoms with Gasteiger partial charge in [-0.05, 0) is 0 Å². The van der Waals surface area contributed by atoms with E-state index in [9.17, 15) is 8.42 Å². The maximum absolute atomic E-state index is 9.72. The fourth-order valence-corrected chi connectivity index (χ4v) is 0.447. The van der Waals surface area contributed by atoms with E-state index in [-0.39, 0.29) is 55.6 Å². The van der Waals surface area contributed by atoms with Gasteiger partial charge in [0.2, 0.25) is 0 Å². The summed E-state index contributed by atoms with van der Waals surface area (Å²) >= 11 is 0. The van der Waals surface area contributed by atoms with Crippen LogP contribution >= 0.6 is 0 Å². The Labute approximate surface area is 89.9 Å². The van der Waals surface area contributed by atoms with Crippen molar-refractivity contribution in [3.63, 3.8) is 0 Å². The summed E-state index contributed by atoms with van der Waals surface area (Å²) in [6.45, 7) is 3.11. The first-order valence-electron chi connectivity index (χ1n) is 1.62. The minimum atomic E-state index is -3.79. The summed E-state index contributed by atoms with van der Waals surface area (Å²) in [7, 11) is -3.79. The summed E-state index contributed by atoms with van der Waals surface area (Å²) in [5.74, 6) is -0.368. The summed E-state index contributed by atoms with van der Waals surface area (Å²) in [6.07, 6.45) is 1.12. The van der Waals surface area contributed by atoms with Gasteiger partial charge in [-0.25, -0.2) is 0 Å². The normalized spacial score (nSPS) is 9.62. The summed E-state index contributed by atoms with van der Waals surface area (Å²) < 4.78 is 27.3. The van der Waals surface area contributed by atoms with Gasteiger partial charge in [0.1, 0.15) is 0 Å². The van der Waals surface area contributed by atoms with Crippen LogP contribution in [0.4, 0.5) is 0 Å². The maximum Gasteiger partial charge on any atom is 0.268 e. The van der Waals surface area contributed by atoms with E-state index < -0.39 is 10.1 Å². The van der Waals surface area contributed by atoms with E-state index in [2.05, 4.69) is 6.58 Å². The Morgan fingerprint density at radius 2 is 2.00 bits per heavy atom. The van der Waals surface area contributed by atoms with Crippen molar-refractivity contribution in [1.29, 1.82) is 0 Å². The van der Waals surface area contributed by atoms with Crippen molar-refractivity contribution in [2.24, 2.45) is 0 Å². The molecule has 43 valence electrons. The van der Waals surface area contributed by atoms with Crippen LogP contribution in [0.2, 0.25) is 0 Å². The molecule has 0 bridgehead atoms. The minimum Gasteiger partial charge on any atom is -0.285 e. The fraction of sp³-hybridized carbons (Fsp3) is 0.333. The van der Waals surface area contributed by atoms with E-state index in [4.69, 9.17) is 4.55 Å². The topological polar surface area (TPSA) is 54.4 Å². The summed E-state index contributed by atoms with van der Waals surface area (Å²) in [5, 5.41) is 0. The molecule has 0 fully saturated rings. The van der Waals surface area contributed by atoms with Gasteiger partial charge in [0, 0.05) is 49.9 Å². The minimum absolute atomic E-state index is 0. The molecule has 0 aliphatic heterocycles. The molecule has 0 amide bonds. The third-order valence-corrected chi connectivity index (χ3v) is 0.985. The van der Waals surface area contributed by atoms with Gasteiger partial charge in [-0.1, -0.05) is 6.08 Å². The molecule has 5 heteroatoms. The Morgan fingerprint density at radius 3 is 2.00 bits per heavy atom. The second-order valence-electron chi connectivity index (χ2n) is 1.04. The van der Waals surface area contributed by atoms with Crippen LogP contribution in [0, 0.1) is 49.9 Å². The average Bonchev–Trinajstić information content (AvgIpc) is 1.30. The molecule has 0 aliphatic carbocycles. The SMILES string of the molecule is C=CCS(=O)(=O)O.[Fr]. The van der Waals surface area contributed by atoms with Crippen LogP contribution < -0.4 is 0 Å². The molecule has 0 rings (SSSR count). The maximum atomic E-state index is 9.72. The first kappa shape index (κ1) is 12.0. The molecule has 1 N–H and O–H groups in total. The molecule has 1 radical (unpaired) electrons. The monoisotopic (exact) mass is 345 g/mol. The quantitative estimate of drug-likeness (QED) is 0.569. The van der Waals surface area contributed by atoms with Crippen molar-refractivity contribution in [3.05, 3.63) is 12.7 Å². The predicted octanol–water partition coefficient (Wildman–Crippen LogP) is 0.0602. The number of hydrogen-bond acceptors (Lipinski definition) is 2. The standard InChI is InChI=1S/C3H6O3S.Fr/c1-2-3-7(4,5)6;/h2H,1,3H2,(H,4,5,6);. The molecule has 0 spiro atoms. The zero-order valence-corrected chi connectivity index (χ0v) is 13.7. The van der Waals surface area contributed by atoms with Crippen molar-refractivity contribution in [2.75, 3.05) is 5.75 Å². The first-order valence-corrected chi connectivity index (χ1v) is 3.23. The van der Waals surface area contributed by atoms with Crippen LogP contribution in [0.15, 0.2) is 12.7 Å². The second-order valence-corrected chi connectivity index (χ2v) is 2.53. The number of hydrogen-bond donors (Lipinski definition) is 1. The Kier molecular flexibility index (Phi) is 7.58. The van der Waals surface area contributed by atoms with Crippen LogP contribution in [0.1, 0.15) is 0 Å². The molecule has 0 atom stereocenters. The molecule has 0 saturated heterocycles. The molecule has 0 heterocycles. The van der Waals surface area contributed by atoms with E-state index >= 15 is 0 Å². The molecular formula is C3H6FrO3S. The van der Waals surface area contributed by atoms with Crippen LogP contribution in [0.3, 0.4) is 0 Å².